The van der Waals surface area contributed by atoms with Crippen molar-refractivity contribution in [1.29, 1.82) is 0 Å². The Bertz CT molecular complexity index is 1350. The minimum atomic E-state index is -2.79. The Kier molecular flexibility index (Phi) is 6.28. The first-order valence-electron chi connectivity index (χ1n) is 14.0. The number of ketones is 4. The Morgan fingerprint density at radius 1 is 1.12 bits per heavy atom. The van der Waals surface area contributed by atoms with Crippen LogP contribution in [-0.4, -0.2) is 87.4 Å². The van der Waals surface area contributed by atoms with Gasteiger partial charge in [-0.15, -0.1) is 0 Å². The highest BCUT2D eigenvalue weighted by molar-refractivity contribution is 6.32. The Hall–Kier alpha value is -3.02. The third-order valence-electron chi connectivity index (χ3n) is 9.70. The van der Waals surface area contributed by atoms with Crippen molar-refractivity contribution in [3.8, 4) is 5.75 Å². The second-order valence-corrected chi connectivity index (χ2v) is 12.6. The lowest BCUT2D eigenvalue weighted by molar-refractivity contribution is -0.181. The lowest BCUT2D eigenvalue weighted by Gasteiger charge is -2.52. The van der Waals surface area contributed by atoms with Gasteiger partial charge in [0.1, 0.15) is 11.6 Å². The number of carbonyl (C=O) groups is 5. The Morgan fingerprint density at radius 3 is 2.38 bits per heavy atom. The van der Waals surface area contributed by atoms with Crippen LogP contribution in [0, 0.1) is 35.4 Å². The summed E-state index contributed by atoms with van der Waals surface area (Å²) in [5.41, 5.74) is 2.53. The van der Waals surface area contributed by atoms with Gasteiger partial charge in [0.15, 0.2) is 34.7 Å². The fourth-order valence-corrected chi connectivity index (χ4v) is 7.46. The zero-order valence-corrected chi connectivity index (χ0v) is 22.6. The number of carbonyl (C=O) groups excluding carboxylic acids is 5. The maximum absolute atomic E-state index is 16.0. The van der Waals surface area contributed by atoms with Crippen molar-refractivity contribution >= 4 is 29.0 Å². The van der Waals surface area contributed by atoms with E-state index in [4.69, 9.17) is 5.73 Å². The van der Waals surface area contributed by atoms with E-state index < -0.39 is 75.9 Å². The zero-order chi connectivity index (χ0) is 28.8. The summed E-state index contributed by atoms with van der Waals surface area (Å²) >= 11 is 0. The van der Waals surface area contributed by atoms with Crippen LogP contribution in [0.15, 0.2) is 6.07 Å². The number of aliphatic hydroxyl groups is 1. The highest BCUT2D eigenvalue weighted by atomic mass is 19.1. The third kappa shape index (κ3) is 3.96. The van der Waals surface area contributed by atoms with E-state index in [0.29, 0.717) is 18.5 Å². The van der Waals surface area contributed by atoms with E-state index in [9.17, 15) is 34.2 Å². The Balaban J connectivity index is 1.38. The second-order valence-electron chi connectivity index (χ2n) is 12.6. The van der Waals surface area contributed by atoms with Gasteiger partial charge in [-0.05, 0) is 70.5 Å². The van der Waals surface area contributed by atoms with Gasteiger partial charge >= 0.3 is 0 Å². The van der Waals surface area contributed by atoms with Crippen LogP contribution in [0.5, 0.6) is 5.75 Å². The van der Waals surface area contributed by atoms with Crippen LogP contribution in [0.25, 0.3) is 0 Å². The summed E-state index contributed by atoms with van der Waals surface area (Å²) < 4.78 is 16.0. The van der Waals surface area contributed by atoms with E-state index in [2.05, 4.69) is 4.90 Å². The molecule has 0 aliphatic heterocycles. The second kappa shape index (κ2) is 9.25. The monoisotopic (exact) mass is 555 g/mol. The molecule has 6 atom stereocenters. The van der Waals surface area contributed by atoms with Crippen LogP contribution >= 0.6 is 0 Å². The van der Waals surface area contributed by atoms with Gasteiger partial charge in [0.05, 0.1) is 17.5 Å². The molecule has 4 N–H and O–H groups in total. The first-order valence-corrected chi connectivity index (χ1v) is 14.0. The largest absolute Gasteiger partial charge is 0.507 e. The van der Waals surface area contributed by atoms with E-state index in [1.807, 2.05) is 0 Å². The van der Waals surface area contributed by atoms with Crippen LogP contribution in [0.1, 0.15) is 53.6 Å². The first kappa shape index (κ1) is 27.2. The molecule has 6 rings (SSSR count). The highest BCUT2D eigenvalue weighted by Gasteiger charge is 2.69. The lowest BCUT2D eigenvalue weighted by atomic mass is 9.52. The number of aromatic hydroxyl groups is 1. The Morgan fingerprint density at radius 2 is 1.80 bits per heavy atom. The van der Waals surface area contributed by atoms with Crippen molar-refractivity contribution in [2.45, 2.75) is 62.8 Å². The van der Waals surface area contributed by atoms with Crippen molar-refractivity contribution < 1.29 is 38.6 Å². The number of Topliss-reactive ketones (excluding diaryl/α,β-unsaturated/α-hetero) is 4. The number of phenolic OH excluding ortho intramolecular Hbond substituents is 1. The molecule has 5 aliphatic rings. The van der Waals surface area contributed by atoms with Crippen LogP contribution in [-0.2, 0) is 32.1 Å². The van der Waals surface area contributed by atoms with Crippen molar-refractivity contribution in [2.24, 2.45) is 35.3 Å². The molecule has 0 radical (unpaired) electrons. The molecule has 0 spiro atoms. The van der Waals surface area contributed by atoms with Crippen molar-refractivity contribution in [1.82, 2.24) is 9.80 Å². The molecule has 10 nitrogen and oxygen atoms in total. The number of nitrogens with zero attached hydrogens (tertiary/aromatic N) is 2. The summed E-state index contributed by atoms with van der Waals surface area (Å²) in [5, 5.41) is 22.5. The molecular formula is C29H34FN3O7. The van der Waals surface area contributed by atoms with Gasteiger partial charge in [0.25, 0.3) is 0 Å². The number of primary amides is 1. The molecular weight excluding hydrogens is 521 g/mol. The predicted octanol–water partition coefficient (Wildman–Crippen LogP) is 0.381. The molecule has 1 amide bonds. The molecule has 11 heteroatoms. The molecule has 40 heavy (non-hydrogen) atoms. The van der Waals surface area contributed by atoms with Crippen LogP contribution < -0.4 is 5.73 Å². The molecule has 0 bridgehead atoms. The number of benzene rings is 1. The molecule has 4 fully saturated rings. The van der Waals surface area contributed by atoms with Crippen molar-refractivity contribution in [3.63, 3.8) is 0 Å². The number of likely N-dealkylation sites (N-methyl/N-ethyl adjacent to an activating group) is 1. The number of rotatable bonds is 7. The van der Waals surface area contributed by atoms with Gasteiger partial charge in [-0.3, -0.25) is 33.8 Å². The van der Waals surface area contributed by atoms with E-state index in [1.165, 1.54) is 25.1 Å². The molecule has 5 aliphatic carbocycles. The summed E-state index contributed by atoms with van der Waals surface area (Å²) in [6.45, 7) is 1.16. The van der Waals surface area contributed by atoms with E-state index in [-0.39, 0.29) is 29.5 Å². The summed E-state index contributed by atoms with van der Waals surface area (Å²) in [6.07, 6.45) is 4.20. The summed E-state index contributed by atoms with van der Waals surface area (Å²) in [6, 6.07) is 0.432. The number of phenols is 1. The zero-order valence-electron chi connectivity index (χ0n) is 22.6. The fourth-order valence-electron chi connectivity index (χ4n) is 7.46. The molecule has 4 saturated carbocycles. The average molecular weight is 556 g/mol. The number of amides is 1. The molecule has 1 aromatic carbocycles. The number of hydrogen-bond acceptors (Lipinski definition) is 9. The van der Waals surface area contributed by atoms with Crippen molar-refractivity contribution in [2.75, 3.05) is 20.6 Å². The van der Waals surface area contributed by atoms with Gasteiger partial charge in [-0.1, -0.05) is 0 Å². The quantitative estimate of drug-likeness (QED) is 0.405. The number of halogens is 1. The van der Waals surface area contributed by atoms with E-state index in [1.54, 1.807) is 0 Å². The van der Waals surface area contributed by atoms with Gasteiger partial charge in [-0.25, -0.2) is 4.39 Å². The first-order chi connectivity index (χ1) is 18.9. The van der Waals surface area contributed by atoms with Crippen LogP contribution in [0.2, 0.25) is 0 Å². The fraction of sp³-hybridized carbons (Fsp3) is 0.621. The maximum atomic E-state index is 16.0. The standard InChI is InChI=1S/C29H34FN3O7/c1-32(2)23-17-8-13-7-16-20(18(34)9-14(22(16)30)11-33(15-5-6-15)10-12-3-4-12)24(35)19(13)26(37)29(17,40)27(38)21(25(23)36)28(31)39/h9,12-13,15,17,19,21,23,34,40H,3-8,10-11H2,1-2H3,(H2,31,39)/t13-,17-,19?,21?,23-,29-/m0/s1. The molecule has 2 unspecified atom stereocenters. The molecule has 0 heterocycles. The molecule has 0 saturated heterocycles. The van der Waals surface area contributed by atoms with Gasteiger partial charge in [0.2, 0.25) is 5.91 Å². The topological polar surface area (TPSA) is 158 Å². The van der Waals surface area contributed by atoms with Crippen LogP contribution in [0.3, 0.4) is 0 Å². The normalized spacial score (nSPS) is 33.7. The summed E-state index contributed by atoms with van der Waals surface area (Å²) in [7, 11) is 3.04. The third-order valence-corrected chi connectivity index (χ3v) is 9.70. The minimum Gasteiger partial charge on any atom is -0.507 e. The number of hydrogen-bond donors (Lipinski definition) is 3. The van der Waals surface area contributed by atoms with E-state index >= 15 is 4.39 Å². The molecule has 0 aromatic heterocycles. The number of fused-ring (bicyclic) bond motifs is 3. The average Bonchev–Trinajstić information content (AvgIpc) is 3.78. The predicted molar refractivity (Wildman–Crippen MR) is 137 cm³/mol. The van der Waals surface area contributed by atoms with Gasteiger partial charge in [-0.2, -0.15) is 0 Å². The van der Waals surface area contributed by atoms with E-state index in [0.717, 1.165) is 32.2 Å². The molecule has 1 aromatic rings. The SMILES string of the molecule is CN(C)[C@@H]1C(=O)C(C(N)=O)C(=O)[C@@]2(O)C(=O)C3C(=O)c4c(O)cc(CN(CC5CC5)C5CC5)c(F)c4C[C@H]3C[C@@H]12. The maximum Gasteiger partial charge on any atom is 0.235 e. The van der Waals surface area contributed by atoms with Gasteiger partial charge in [0, 0.05) is 36.2 Å². The number of nitrogens with two attached hydrogens (primary N) is 1. The lowest BCUT2D eigenvalue weighted by Crippen LogP contribution is -2.74. The van der Waals surface area contributed by atoms with Crippen LogP contribution in [0.4, 0.5) is 4.39 Å². The van der Waals surface area contributed by atoms with Crippen molar-refractivity contribution in [3.05, 3.63) is 28.6 Å². The smallest absolute Gasteiger partial charge is 0.235 e. The summed E-state index contributed by atoms with van der Waals surface area (Å²) in [4.78, 5) is 69.8. The van der Waals surface area contributed by atoms with Gasteiger partial charge < -0.3 is 15.9 Å². The minimum absolute atomic E-state index is 0.0199. The highest BCUT2D eigenvalue weighted by Crippen LogP contribution is 2.51. The molecule has 214 valence electrons. The summed E-state index contributed by atoms with van der Waals surface area (Å²) in [5.74, 6) is -11.5. The Labute approximate surface area is 230 Å².